The maximum absolute atomic E-state index is 14.4. The fourth-order valence-corrected chi connectivity index (χ4v) is 10.1. The Morgan fingerprint density at radius 3 is 0.914 bits per heavy atom. The molecule has 3 aliphatic rings. The van der Waals surface area contributed by atoms with Crippen LogP contribution in [-0.2, 0) is 55.4 Å². The molecule has 0 aliphatic carbocycles. The van der Waals surface area contributed by atoms with Crippen LogP contribution in [0.5, 0.6) is 46.0 Å². The standard InChI is InChI=1S/C84H95N4O16.Fe/c1-77(2,3)69(89)97-53-29-25-30-54(98-70(90)78(4,5)6)65(53)61-45-37-39-47(85-45)62(66-55(99-71(91)79(7,8)9)31-26-32-56(66)100-72(92)80(10,11)12)49-41-43-51(87-49)64(68-59(103-75(95)83(19,20)21)35-28-36-60(68)104-76(96)84(22,23)24)52-44-42-50(88-52)63(48-40-38-46(61)86-48)67-57(101-73(93)81(13,14)15)33-27-34-58(67)102-74(94)82(16,17)18;/h25-45H,1-24H3,(H2-,85,86,87,88);/q-1;. The number of aromatic amines is 2. The molecular weight excluding hydrogens is 1380 g/mol. The number of carbonyl (C=O) groups is 8. The molecule has 0 radical (unpaired) electrons. The van der Waals surface area contributed by atoms with E-state index in [1.165, 1.54) is 0 Å². The summed E-state index contributed by atoms with van der Waals surface area (Å²) in [4.78, 5) is 128. The molecule has 0 saturated carbocycles. The van der Waals surface area contributed by atoms with Crippen molar-refractivity contribution in [2.75, 3.05) is 0 Å². The molecule has 20 nitrogen and oxygen atoms in total. The fourth-order valence-electron chi connectivity index (χ4n) is 10.1. The summed E-state index contributed by atoms with van der Waals surface area (Å²) in [6, 6.07) is 24.7. The molecule has 1 unspecified atom stereocenters. The molecule has 0 spiro atoms. The van der Waals surface area contributed by atoms with Crippen molar-refractivity contribution in [1.82, 2.24) is 9.97 Å². The van der Waals surface area contributed by atoms with Crippen LogP contribution in [0.15, 0.2) is 138 Å². The zero-order chi connectivity index (χ0) is 77.1. The van der Waals surface area contributed by atoms with Crippen LogP contribution in [0.1, 0.15) is 200 Å². The van der Waals surface area contributed by atoms with Gasteiger partial charge in [0.05, 0.1) is 77.0 Å². The average Bonchev–Trinajstić information content (AvgIpc) is 1.63. The number of nitrogens with one attached hydrogen (secondary N) is 2. The minimum Gasteiger partial charge on any atom is -0.674 e. The molecule has 2 aromatic heterocycles. The number of carbonyl (C=O) groups excluding carboxylic acids is 8. The Labute approximate surface area is 624 Å². The number of hydrogen-bond acceptors (Lipinski definition) is 17. The second-order valence-corrected chi connectivity index (χ2v) is 34.3. The van der Waals surface area contributed by atoms with Gasteiger partial charge in [-0.15, -0.1) is 5.70 Å². The minimum absolute atomic E-state index is 0. The predicted molar refractivity (Wildman–Crippen MR) is 397 cm³/mol. The Hall–Kier alpha value is -10.1. The number of aliphatic imine (C=N–C) groups is 1. The molecule has 0 amide bonds. The van der Waals surface area contributed by atoms with E-state index in [4.69, 9.17) is 48.2 Å². The van der Waals surface area contributed by atoms with Gasteiger partial charge in [0.25, 0.3) is 0 Å². The SMILES string of the molecule is CC(C)(C)C(=O)Oc1cccc(OC(=O)C(C)(C)C)c1C1=C2C=CC(=N2)C(c2c(OC(=O)C(C)(C)C)cccc2OC(=O)C(C)(C)C)=c2ccc([nH]2)=C(c2c(OC(=O)C(C)(C)C)cccc2OC(=O)C(C)(C)C)C2C=CC(=C(c3c(OC(=O)C(C)(C)C)cccc3OC(=O)C(C)(C)C)c3ccc1[nH]3)[N-]2.[Fe]. The van der Waals surface area contributed by atoms with Crippen molar-refractivity contribution >= 4 is 75.8 Å². The van der Waals surface area contributed by atoms with Crippen LogP contribution in [0.25, 0.3) is 27.6 Å². The molecule has 1 atom stereocenters. The van der Waals surface area contributed by atoms with E-state index in [0.717, 1.165) is 0 Å². The molecule has 2 N–H and O–H groups in total. The maximum atomic E-state index is 14.4. The predicted octanol–water partition coefficient (Wildman–Crippen LogP) is 15.9. The van der Waals surface area contributed by atoms with Crippen LogP contribution >= 0.6 is 0 Å². The number of esters is 8. The van der Waals surface area contributed by atoms with Crippen LogP contribution in [0.2, 0.25) is 0 Å². The summed E-state index contributed by atoms with van der Waals surface area (Å²) in [5.41, 5.74) is -6.41. The van der Waals surface area contributed by atoms with Crippen LogP contribution in [0, 0.1) is 43.3 Å². The summed E-state index contributed by atoms with van der Waals surface area (Å²) in [6.45, 7) is 40.7. The first-order valence-electron chi connectivity index (χ1n) is 34.5. The van der Waals surface area contributed by atoms with Gasteiger partial charge in [0, 0.05) is 50.3 Å². The van der Waals surface area contributed by atoms with Crippen molar-refractivity contribution in [3.8, 4) is 46.0 Å². The summed E-state index contributed by atoms with van der Waals surface area (Å²) in [7, 11) is 0. The minimum atomic E-state index is -1.16. The summed E-state index contributed by atoms with van der Waals surface area (Å²) in [6.07, 6.45) is 6.86. The van der Waals surface area contributed by atoms with Crippen LogP contribution < -0.4 is 48.6 Å². The number of benzene rings is 4. The molecule has 9 rings (SSSR count). The first-order valence-corrected chi connectivity index (χ1v) is 34.5. The van der Waals surface area contributed by atoms with Gasteiger partial charge in [-0.3, -0.25) is 38.4 Å². The van der Waals surface area contributed by atoms with E-state index in [9.17, 15) is 38.4 Å². The van der Waals surface area contributed by atoms with E-state index < -0.39 is 97.1 Å². The van der Waals surface area contributed by atoms with Crippen molar-refractivity contribution in [3.05, 3.63) is 182 Å². The molecular formula is C84H95FeN4O16-. The number of rotatable bonds is 12. The Morgan fingerprint density at radius 1 is 0.324 bits per heavy atom. The third kappa shape index (κ3) is 18.0. The normalized spacial score (nSPS) is 14.9. The topological polar surface area (TPSA) is 268 Å². The Morgan fingerprint density at radius 2 is 0.600 bits per heavy atom. The van der Waals surface area contributed by atoms with Gasteiger partial charge in [0.15, 0.2) is 0 Å². The third-order valence-electron chi connectivity index (χ3n) is 16.4. The summed E-state index contributed by atoms with van der Waals surface area (Å²) in [5.74, 6) is -5.44. The van der Waals surface area contributed by atoms with E-state index in [1.807, 2.05) is 0 Å². The number of H-pyrrole nitrogens is 2. The van der Waals surface area contributed by atoms with Crippen molar-refractivity contribution < 1.29 is 93.3 Å². The van der Waals surface area contributed by atoms with E-state index in [0.29, 0.717) is 0 Å². The van der Waals surface area contributed by atoms with Gasteiger partial charge < -0.3 is 53.2 Å². The first-order chi connectivity index (χ1) is 47.9. The van der Waals surface area contributed by atoms with Crippen molar-refractivity contribution in [2.45, 2.75) is 172 Å². The molecule has 3 aliphatic heterocycles. The van der Waals surface area contributed by atoms with Crippen LogP contribution in [0.3, 0.4) is 0 Å². The summed E-state index contributed by atoms with van der Waals surface area (Å²) < 4.78 is 51.4. The zero-order valence-electron chi connectivity index (χ0n) is 64.4. The molecule has 105 heavy (non-hydrogen) atoms. The Bertz CT molecular complexity index is 4650. The van der Waals surface area contributed by atoms with Gasteiger partial charge in [-0.2, -0.15) is 0 Å². The van der Waals surface area contributed by atoms with E-state index in [1.54, 1.807) is 288 Å². The van der Waals surface area contributed by atoms with Gasteiger partial charge in [0.2, 0.25) is 0 Å². The number of fused-ring (bicyclic) bond motifs is 7. The van der Waals surface area contributed by atoms with Crippen molar-refractivity contribution in [3.63, 3.8) is 0 Å². The first kappa shape index (κ1) is 80.6. The van der Waals surface area contributed by atoms with E-state index >= 15 is 0 Å². The number of nitrogens with zero attached hydrogens (tertiary/aromatic N) is 2. The van der Waals surface area contributed by atoms with Gasteiger partial charge in [-0.25, -0.2) is 4.99 Å². The van der Waals surface area contributed by atoms with Crippen molar-refractivity contribution in [2.24, 2.45) is 48.3 Å². The number of aromatic nitrogens is 2. The molecule has 21 heteroatoms. The molecule has 0 saturated heterocycles. The Kier molecular flexibility index (Phi) is 22.6. The summed E-state index contributed by atoms with van der Waals surface area (Å²) >= 11 is 0. The fraction of sp³-hybridized carbons (Fsp3) is 0.393. The molecule has 556 valence electrons. The number of hydrogen-bond donors (Lipinski definition) is 2. The maximum Gasteiger partial charge on any atom is 0.316 e. The second kappa shape index (κ2) is 29.4. The van der Waals surface area contributed by atoms with Crippen molar-refractivity contribution in [1.29, 1.82) is 0 Å². The zero-order valence-corrected chi connectivity index (χ0v) is 65.5. The molecule has 4 aromatic carbocycles. The molecule has 6 aromatic rings. The number of ether oxygens (including phenoxy) is 8. The molecule has 0 fully saturated rings. The monoisotopic (exact) mass is 1470 g/mol. The Balaban J connectivity index is 0.0000139. The van der Waals surface area contributed by atoms with Gasteiger partial charge in [0.1, 0.15) is 46.0 Å². The van der Waals surface area contributed by atoms with E-state index in [-0.39, 0.29) is 147 Å². The average molecular weight is 1470 g/mol. The van der Waals surface area contributed by atoms with Crippen LogP contribution in [-0.4, -0.2) is 69.5 Å². The molecule has 8 bridgehead atoms. The van der Waals surface area contributed by atoms with E-state index in [2.05, 4.69) is 9.97 Å². The second-order valence-electron chi connectivity index (χ2n) is 34.3. The van der Waals surface area contributed by atoms with Gasteiger partial charge in [-0.05, 0) is 262 Å². The van der Waals surface area contributed by atoms with Gasteiger partial charge in [-0.1, -0.05) is 42.5 Å². The van der Waals surface area contributed by atoms with Crippen LogP contribution in [0.4, 0.5) is 0 Å². The third-order valence-corrected chi connectivity index (χ3v) is 16.4. The molecule has 5 heterocycles. The quantitative estimate of drug-likeness (QED) is 0.0655. The summed E-state index contributed by atoms with van der Waals surface area (Å²) in [5, 5.41) is 6.12. The van der Waals surface area contributed by atoms with Gasteiger partial charge >= 0.3 is 47.8 Å². The smallest absolute Gasteiger partial charge is 0.316 e. The number of allylic oxidation sites excluding steroid dienone is 3. The largest absolute Gasteiger partial charge is 0.674 e.